The fourth-order valence-electron chi connectivity index (χ4n) is 2.47. The second kappa shape index (κ2) is 9.34. The van der Waals surface area contributed by atoms with E-state index in [9.17, 15) is 9.59 Å². The summed E-state index contributed by atoms with van der Waals surface area (Å²) in [6, 6.07) is 14.1. The normalized spacial score (nSPS) is 10.4. The van der Waals surface area contributed by atoms with E-state index in [0.717, 1.165) is 16.9 Å². The van der Waals surface area contributed by atoms with Gasteiger partial charge in [0.15, 0.2) is 5.13 Å². The van der Waals surface area contributed by atoms with Gasteiger partial charge in [-0.25, -0.2) is 9.78 Å². The Morgan fingerprint density at radius 3 is 2.68 bits per heavy atom. The highest BCUT2D eigenvalue weighted by Gasteiger charge is 2.10. The summed E-state index contributed by atoms with van der Waals surface area (Å²) in [5.74, 6) is -0.0736. The van der Waals surface area contributed by atoms with Gasteiger partial charge in [0.2, 0.25) is 5.91 Å². The Hall–Kier alpha value is -2.90. The maximum absolute atomic E-state index is 12.1. The molecule has 0 saturated carbocycles. The smallest absolute Gasteiger partial charge is 0.325 e. The van der Waals surface area contributed by atoms with Gasteiger partial charge in [-0.05, 0) is 43.2 Å². The Morgan fingerprint density at radius 2 is 1.89 bits per heavy atom. The lowest BCUT2D eigenvalue weighted by Crippen LogP contribution is -2.19. The van der Waals surface area contributed by atoms with E-state index in [-0.39, 0.29) is 5.91 Å². The Bertz CT molecular complexity index is 990. The monoisotopic (exact) mass is 414 g/mol. The molecule has 3 amide bonds. The van der Waals surface area contributed by atoms with Crippen LogP contribution in [0.3, 0.4) is 0 Å². The molecule has 28 heavy (non-hydrogen) atoms. The molecule has 0 aliphatic heterocycles. The van der Waals surface area contributed by atoms with Crippen molar-refractivity contribution in [1.29, 1.82) is 0 Å². The van der Waals surface area contributed by atoms with Crippen molar-refractivity contribution >= 4 is 51.4 Å². The number of nitrogens with zero attached hydrogens (tertiary/aromatic N) is 1. The third kappa shape index (κ3) is 5.80. The minimum absolute atomic E-state index is 0.0736. The molecular formula is C20H19ClN4O2S. The van der Waals surface area contributed by atoms with Crippen LogP contribution in [0.15, 0.2) is 53.9 Å². The van der Waals surface area contributed by atoms with Crippen LogP contribution in [-0.4, -0.2) is 16.9 Å². The zero-order valence-corrected chi connectivity index (χ0v) is 16.7. The summed E-state index contributed by atoms with van der Waals surface area (Å²) in [6.07, 6.45) is 0.804. The van der Waals surface area contributed by atoms with Crippen LogP contribution in [-0.2, 0) is 11.2 Å². The van der Waals surface area contributed by atoms with Crippen molar-refractivity contribution in [2.75, 3.05) is 16.0 Å². The highest BCUT2D eigenvalue weighted by atomic mass is 35.5. The van der Waals surface area contributed by atoms with Gasteiger partial charge in [0.25, 0.3) is 0 Å². The SMILES string of the molecule is Cc1ccccc1NC(=O)CCc1csc(NC(=O)Nc2cccc(Cl)c2)n1. The van der Waals surface area contributed by atoms with E-state index >= 15 is 0 Å². The fraction of sp³-hybridized carbons (Fsp3) is 0.150. The van der Waals surface area contributed by atoms with Crippen molar-refractivity contribution in [1.82, 2.24) is 4.98 Å². The minimum atomic E-state index is -0.402. The van der Waals surface area contributed by atoms with Gasteiger partial charge in [-0.2, -0.15) is 0 Å². The van der Waals surface area contributed by atoms with Crippen LogP contribution in [0.2, 0.25) is 5.02 Å². The number of rotatable bonds is 6. The molecule has 6 nitrogen and oxygen atoms in total. The number of nitrogens with one attached hydrogen (secondary N) is 3. The number of thiazole rings is 1. The highest BCUT2D eigenvalue weighted by Crippen LogP contribution is 2.19. The molecule has 2 aromatic carbocycles. The number of benzene rings is 2. The summed E-state index contributed by atoms with van der Waals surface area (Å²) in [4.78, 5) is 28.5. The van der Waals surface area contributed by atoms with Crippen LogP contribution in [0, 0.1) is 6.92 Å². The minimum Gasteiger partial charge on any atom is -0.326 e. The predicted molar refractivity (Wildman–Crippen MR) is 114 cm³/mol. The molecule has 0 radical (unpaired) electrons. The van der Waals surface area contributed by atoms with Crippen molar-refractivity contribution in [3.63, 3.8) is 0 Å². The Morgan fingerprint density at radius 1 is 1.07 bits per heavy atom. The Labute approximate surface area is 172 Å². The van der Waals surface area contributed by atoms with Crippen molar-refractivity contribution in [3.05, 3.63) is 70.2 Å². The number of urea groups is 1. The van der Waals surface area contributed by atoms with Gasteiger partial charge in [-0.3, -0.25) is 10.1 Å². The van der Waals surface area contributed by atoms with Gasteiger partial charge in [-0.15, -0.1) is 11.3 Å². The van der Waals surface area contributed by atoms with Crippen LogP contribution in [0.5, 0.6) is 0 Å². The molecule has 0 aliphatic rings. The quantitative estimate of drug-likeness (QED) is 0.510. The first-order chi connectivity index (χ1) is 13.5. The van der Waals surface area contributed by atoms with Crippen molar-refractivity contribution < 1.29 is 9.59 Å². The maximum Gasteiger partial charge on any atom is 0.325 e. The number of aromatic nitrogens is 1. The predicted octanol–water partition coefficient (Wildman–Crippen LogP) is 5.32. The van der Waals surface area contributed by atoms with E-state index < -0.39 is 6.03 Å². The maximum atomic E-state index is 12.1. The van der Waals surface area contributed by atoms with Crippen LogP contribution < -0.4 is 16.0 Å². The lowest BCUT2D eigenvalue weighted by molar-refractivity contribution is -0.116. The van der Waals surface area contributed by atoms with Crippen LogP contribution in [0.4, 0.5) is 21.3 Å². The number of carbonyl (C=O) groups excluding carboxylic acids is 2. The molecule has 8 heteroatoms. The average Bonchev–Trinajstić information content (AvgIpc) is 3.09. The molecule has 0 bridgehead atoms. The van der Waals surface area contributed by atoms with Gasteiger partial charge in [0.1, 0.15) is 0 Å². The van der Waals surface area contributed by atoms with Crippen molar-refractivity contribution in [2.24, 2.45) is 0 Å². The van der Waals surface area contributed by atoms with Gasteiger partial charge in [0.05, 0.1) is 5.69 Å². The van der Waals surface area contributed by atoms with Gasteiger partial charge in [0, 0.05) is 28.2 Å². The number of para-hydroxylation sites is 1. The number of hydrogen-bond donors (Lipinski definition) is 3. The number of anilines is 3. The number of amides is 3. The van der Waals surface area contributed by atoms with E-state index in [4.69, 9.17) is 11.6 Å². The van der Waals surface area contributed by atoms with E-state index in [0.29, 0.717) is 28.7 Å². The van der Waals surface area contributed by atoms with Crippen molar-refractivity contribution in [2.45, 2.75) is 19.8 Å². The number of hydrogen-bond acceptors (Lipinski definition) is 4. The second-order valence-electron chi connectivity index (χ2n) is 6.10. The van der Waals surface area contributed by atoms with Crippen LogP contribution in [0.1, 0.15) is 17.7 Å². The summed E-state index contributed by atoms with van der Waals surface area (Å²) < 4.78 is 0. The standard InChI is InChI=1S/C20H19ClN4O2S/c1-13-5-2-3-8-17(13)24-18(26)10-9-16-12-28-20(23-16)25-19(27)22-15-7-4-6-14(21)11-15/h2-8,11-12H,9-10H2,1H3,(H,24,26)(H2,22,23,25,27). The number of aryl methyl sites for hydroxylation is 2. The molecule has 1 aromatic heterocycles. The summed E-state index contributed by atoms with van der Waals surface area (Å²) in [7, 11) is 0. The van der Waals surface area contributed by atoms with Crippen LogP contribution >= 0.6 is 22.9 Å². The zero-order chi connectivity index (χ0) is 19.9. The Balaban J connectivity index is 1.48. The fourth-order valence-corrected chi connectivity index (χ4v) is 3.40. The van der Waals surface area contributed by atoms with Gasteiger partial charge < -0.3 is 10.6 Å². The largest absolute Gasteiger partial charge is 0.326 e. The second-order valence-corrected chi connectivity index (χ2v) is 7.39. The average molecular weight is 415 g/mol. The highest BCUT2D eigenvalue weighted by molar-refractivity contribution is 7.13. The molecule has 0 spiro atoms. The first-order valence-corrected chi connectivity index (χ1v) is 9.89. The first kappa shape index (κ1) is 19.9. The molecule has 0 atom stereocenters. The van der Waals surface area contributed by atoms with Gasteiger partial charge in [-0.1, -0.05) is 35.9 Å². The Kier molecular flexibility index (Phi) is 6.62. The van der Waals surface area contributed by atoms with Crippen molar-refractivity contribution in [3.8, 4) is 0 Å². The lowest BCUT2D eigenvalue weighted by atomic mass is 10.2. The molecule has 0 fully saturated rings. The molecule has 3 rings (SSSR count). The first-order valence-electron chi connectivity index (χ1n) is 8.63. The summed E-state index contributed by atoms with van der Waals surface area (Å²) >= 11 is 7.21. The lowest BCUT2D eigenvalue weighted by Gasteiger charge is -2.07. The molecule has 3 aromatic rings. The van der Waals surface area contributed by atoms with E-state index in [1.54, 1.807) is 24.3 Å². The van der Waals surface area contributed by atoms with Gasteiger partial charge >= 0.3 is 6.03 Å². The third-order valence-electron chi connectivity index (χ3n) is 3.88. The summed E-state index contributed by atoms with van der Waals surface area (Å²) in [5.41, 5.74) is 3.17. The van der Waals surface area contributed by atoms with E-state index in [1.807, 2.05) is 36.6 Å². The molecule has 144 valence electrons. The van der Waals surface area contributed by atoms with E-state index in [1.165, 1.54) is 11.3 Å². The molecular weight excluding hydrogens is 396 g/mol. The summed E-state index contributed by atoms with van der Waals surface area (Å²) in [5, 5.41) is 11.1. The number of halogens is 1. The van der Waals surface area contributed by atoms with E-state index in [2.05, 4.69) is 20.9 Å². The molecule has 3 N–H and O–H groups in total. The molecule has 0 unspecified atom stereocenters. The molecule has 1 heterocycles. The molecule has 0 aliphatic carbocycles. The van der Waals surface area contributed by atoms with Crippen LogP contribution in [0.25, 0.3) is 0 Å². The topological polar surface area (TPSA) is 83.1 Å². The zero-order valence-electron chi connectivity index (χ0n) is 15.2. The number of carbonyl (C=O) groups is 2. The summed E-state index contributed by atoms with van der Waals surface area (Å²) in [6.45, 7) is 1.95. The molecule has 0 saturated heterocycles. The third-order valence-corrected chi connectivity index (χ3v) is 4.92.